The first-order valence-electron chi connectivity index (χ1n) is 5.02. The van der Waals surface area contributed by atoms with E-state index in [9.17, 15) is 5.02 Å². The Morgan fingerprint density at radius 2 is 1.75 bits per heavy atom. The number of alkyl halides is 1. The number of hydrogen-bond donors (Lipinski definition) is 1. The Kier molecular flexibility index (Phi) is 2.80. The van der Waals surface area contributed by atoms with Crippen LogP contribution in [-0.2, 0) is 0 Å². The Labute approximate surface area is 83.2 Å². The summed E-state index contributed by atoms with van der Waals surface area (Å²) in [7, 11) is 0. The van der Waals surface area contributed by atoms with Crippen LogP contribution in [0.1, 0.15) is 19.3 Å². The van der Waals surface area contributed by atoms with E-state index in [0.29, 0.717) is 0 Å². The van der Waals surface area contributed by atoms with Crippen molar-refractivity contribution >= 4 is 22.8 Å². The summed E-state index contributed by atoms with van der Waals surface area (Å²) >= 11 is 3.57. The first-order valence-corrected chi connectivity index (χ1v) is 6.14. The lowest BCUT2D eigenvalue weighted by Crippen LogP contribution is -2.35. The van der Waals surface area contributed by atoms with Gasteiger partial charge in [0, 0.05) is 5.33 Å². The average Bonchev–Trinajstić information content (AvgIpc) is 2.02. The third kappa shape index (κ3) is 1.87. The van der Waals surface area contributed by atoms with E-state index in [-0.39, 0.29) is 6.92 Å². The van der Waals surface area contributed by atoms with Gasteiger partial charge in [0.1, 0.15) is 0 Å². The highest BCUT2D eigenvalue weighted by Crippen LogP contribution is 2.43. The van der Waals surface area contributed by atoms with Crippen LogP contribution in [0.15, 0.2) is 0 Å². The summed E-state index contributed by atoms with van der Waals surface area (Å²) in [5, 5.41) is 10.7. The van der Waals surface area contributed by atoms with Gasteiger partial charge in [-0.3, -0.25) is 0 Å². The second-order valence-electron chi connectivity index (χ2n) is 4.58. The predicted molar refractivity (Wildman–Crippen MR) is 55.7 cm³/mol. The van der Waals surface area contributed by atoms with Gasteiger partial charge in [0.2, 0.25) is 0 Å². The molecule has 2 bridgehead atoms. The summed E-state index contributed by atoms with van der Waals surface area (Å²) in [6.45, 7) is 0.0185. The molecule has 2 unspecified atom stereocenters. The predicted octanol–water partition coefficient (Wildman–Crippen LogP) is 2.41. The lowest BCUT2D eigenvalue weighted by atomic mass is 9.46. The molecule has 1 N–H and O–H groups in total. The molecule has 0 radical (unpaired) electrons. The normalized spacial score (nSPS) is 41.5. The van der Waals surface area contributed by atoms with Gasteiger partial charge in [-0.1, -0.05) is 15.9 Å². The minimum atomic E-state index is 0.0185. The molecule has 1 nitrogen and oxygen atoms in total. The number of halogens is 1. The molecule has 0 amide bonds. The molecule has 0 aromatic carbocycles. The van der Waals surface area contributed by atoms with Crippen molar-refractivity contribution in [2.24, 2.45) is 17.8 Å². The molecule has 1 aliphatic carbocycles. The smallest absolute Gasteiger partial charge is 0.289 e. The summed E-state index contributed by atoms with van der Waals surface area (Å²) < 4.78 is 0. The van der Waals surface area contributed by atoms with Crippen molar-refractivity contribution < 1.29 is 5.02 Å². The van der Waals surface area contributed by atoms with Gasteiger partial charge < -0.3 is 5.02 Å². The van der Waals surface area contributed by atoms with E-state index in [1.54, 1.807) is 0 Å². The summed E-state index contributed by atoms with van der Waals surface area (Å²) in [5.74, 6) is 2.55. The number of rotatable bonds is 1. The van der Waals surface area contributed by atoms with Gasteiger partial charge in [-0.25, -0.2) is 0 Å². The topological polar surface area (TPSA) is 20.2 Å². The van der Waals surface area contributed by atoms with Gasteiger partial charge in [-0.05, 0) is 49.7 Å². The molecular formula is C9H16BBrO. The molecule has 1 aliphatic heterocycles. The molecular weight excluding hydrogens is 215 g/mol. The van der Waals surface area contributed by atoms with Crippen LogP contribution in [0.25, 0.3) is 0 Å². The zero-order valence-corrected chi connectivity index (χ0v) is 8.96. The summed E-state index contributed by atoms with van der Waals surface area (Å²) in [6, 6.07) is 0. The van der Waals surface area contributed by atoms with E-state index < -0.39 is 0 Å². The molecule has 68 valence electrons. The maximum Gasteiger partial charge on any atom is 0.289 e. The van der Waals surface area contributed by atoms with Crippen LogP contribution in [-0.4, -0.2) is 17.3 Å². The fourth-order valence-corrected chi connectivity index (χ4v) is 3.61. The van der Waals surface area contributed by atoms with Crippen LogP contribution in [0.4, 0.5) is 0 Å². The molecule has 1 saturated carbocycles. The largest absolute Gasteiger partial charge is 0.450 e. The third-order valence-electron chi connectivity index (χ3n) is 3.43. The summed E-state index contributed by atoms with van der Waals surface area (Å²) in [4.78, 5) is 0. The van der Waals surface area contributed by atoms with E-state index in [4.69, 9.17) is 0 Å². The lowest BCUT2D eigenvalue weighted by molar-refractivity contribution is 0.212. The quantitative estimate of drug-likeness (QED) is 0.542. The zero-order chi connectivity index (χ0) is 8.55. The number of fused-ring (bicyclic) bond motifs is 2. The van der Waals surface area contributed by atoms with Crippen molar-refractivity contribution in [1.29, 1.82) is 0 Å². The highest BCUT2D eigenvalue weighted by Gasteiger charge is 2.36. The zero-order valence-electron chi connectivity index (χ0n) is 7.38. The van der Waals surface area contributed by atoms with E-state index in [2.05, 4.69) is 15.9 Å². The highest BCUT2D eigenvalue weighted by atomic mass is 79.9. The Bertz CT molecular complexity index is 147. The van der Waals surface area contributed by atoms with Crippen molar-refractivity contribution in [1.82, 2.24) is 0 Å². The average molecular weight is 231 g/mol. The second-order valence-corrected chi connectivity index (χ2v) is 5.23. The van der Waals surface area contributed by atoms with Crippen LogP contribution < -0.4 is 0 Å². The minimum absolute atomic E-state index is 0.0185. The summed E-state index contributed by atoms with van der Waals surface area (Å²) in [6.07, 6.45) is 6.22. The molecule has 12 heavy (non-hydrogen) atoms. The van der Waals surface area contributed by atoms with Crippen LogP contribution in [0.5, 0.6) is 0 Å². The van der Waals surface area contributed by atoms with E-state index in [1.807, 2.05) is 0 Å². The van der Waals surface area contributed by atoms with Crippen LogP contribution in [0, 0.1) is 17.8 Å². The fourth-order valence-electron chi connectivity index (χ4n) is 3.08. The first-order chi connectivity index (χ1) is 5.78. The maximum atomic E-state index is 9.56. The van der Waals surface area contributed by atoms with Crippen molar-refractivity contribution in [3.63, 3.8) is 0 Å². The lowest BCUT2D eigenvalue weighted by Gasteiger charge is -2.39. The fraction of sp³-hybridized carbons (Fsp3) is 1.00. The highest BCUT2D eigenvalue weighted by molar-refractivity contribution is 9.09. The molecule has 3 heteroatoms. The molecule has 0 aromatic heterocycles. The van der Waals surface area contributed by atoms with Gasteiger partial charge in [0.05, 0.1) is 0 Å². The Balaban J connectivity index is 1.96. The summed E-state index contributed by atoms with van der Waals surface area (Å²) in [5.41, 5.74) is 0. The van der Waals surface area contributed by atoms with E-state index in [1.165, 1.54) is 19.3 Å². The van der Waals surface area contributed by atoms with Gasteiger partial charge in [-0.2, -0.15) is 0 Å². The molecule has 0 spiro atoms. The van der Waals surface area contributed by atoms with Crippen molar-refractivity contribution in [2.75, 3.05) is 5.33 Å². The Hall–Kier alpha value is 0.505. The van der Waals surface area contributed by atoms with Gasteiger partial charge in [0.15, 0.2) is 0 Å². The van der Waals surface area contributed by atoms with Crippen molar-refractivity contribution in [3.8, 4) is 0 Å². The molecule has 2 fully saturated rings. The molecule has 1 saturated heterocycles. The van der Waals surface area contributed by atoms with Crippen LogP contribution in [0.3, 0.4) is 0 Å². The van der Waals surface area contributed by atoms with Crippen LogP contribution >= 0.6 is 15.9 Å². The number of hydrogen-bond acceptors (Lipinski definition) is 1. The second kappa shape index (κ2) is 3.71. The van der Waals surface area contributed by atoms with Crippen molar-refractivity contribution in [3.05, 3.63) is 0 Å². The molecule has 1 heterocycles. The third-order valence-corrected chi connectivity index (χ3v) is 4.34. The molecule has 2 atom stereocenters. The van der Waals surface area contributed by atoms with Gasteiger partial charge >= 0.3 is 0 Å². The van der Waals surface area contributed by atoms with E-state index >= 15 is 0 Å². The van der Waals surface area contributed by atoms with Gasteiger partial charge in [0.25, 0.3) is 6.92 Å². The van der Waals surface area contributed by atoms with Gasteiger partial charge in [-0.15, -0.1) is 0 Å². The molecule has 2 rings (SSSR count). The standard InChI is InChI=1S/C9H16BBrO/c11-6-9-2-7-1-8(3-9)5-10(12)4-7/h7-9,12H,1-6H2. The van der Waals surface area contributed by atoms with E-state index in [0.717, 1.165) is 35.7 Å². The SMILES string of the molecule is OB1CC2CC(CBr)CC(C1)C2. The van der Waals surface area contributed by atoms with Crippen molar-refractivity contribution in [2.45, 2.75) is 31.9 Å². The monoisotopic (exact) mass is 230 g/mol. The Morgan fingerprint density at radius 1 is 1.17 bits per heavy atom. The maximum absolute atomic E-state index is 9.56. The Morgan fingerprint density at radius 3 is 2.25 bits per heavy atom. The minimum Gasteiger partial charge on any atom is -0.450 e. The van der Waals surface area contributed by atoms with Crippen LogP contribution in [0.2, 0.25) is 12.6 Å². The molecule has 2 aliphatic rings. The first kappa shape index (κ1) is 9.08. The molecule has 0 aromatic rings.